The molecule has 140 valence electrons. The highest BCUT2D eigenvalue weighted by atomic mass is 35.5. The van der Waals surface area contributed by atoms with E-state index >= 15 is 0 Å². The molecular weight excluding hydrogens is 388 g/mol. The van der Waals surface area contributed by atoms with Gasteiger partial charge < -0.3 is 14.0 Å². The van der Waals surface area contributed by atoms with Gasteiger partial charge in [0, 0.05) is 5.02 Å². The van der Waals surface area contributed by atoms with Crippen molar-refractivity contribution in [3.8, 4) is 5.75 Å². The number of benzene rings is 2. The van der Waals surface area contributed by atoms with Gasteiger partial charge in [-0.1, -0.05) is 41.1 Å². The minimum atomic E-state index is -0.425. The largest absolute Gasteiger partial charge is 0.493 e. The maximum atomic E-state index is 12.3. The van der Waals surface area contributed by atoms with Crippen LogP contribution in [0, 0.1) is 0 Å². The highest BCUT2D eigenvalue weighted by Gasteiger charge is 2.12. The van der Waals surface area contributed by atoms with Crippen LogP contribution in [-0.2, 0) is 20.9 Å². The summed E-state index contributed by atoms with van der Waals surface area (Å²) >= 11 is 7.33. The molecule has 0 saturated heterocycles. The zero-order chi connectivity index (χ0) is 19.2. The topological polar surface area (TPSA) is 69.9 Å². The van der Waals surface area contributed by atoms with Gasteiger partial charge in [0.2, 0.25) is 0 Å². The third-order valence-electron chi connectivity index (χ3n) is 3.71. The van der Waals surface area contributed by atoms with Gasteiger partial charge in [0.05, 0.1) is 30.4 Å². The zero-order valence-corrected chi connectivity index (χ0v) is 16.1. The number of carbonyl (C=O) groups excluding carboxylic acids is 2. The lowest BCUT2D eigenvalue weighted by atomic mass is 10.3. The van der Waals surface area contributed by atoms with Gasteiger partial charge >= 0.3 is 5.97 Å². The summed E-state index contributed by atoms with van der Waals surface area (Å²) in [5.74, 6) is -0.0595. The molecule has 0 aliphatic heterocycles. The summed E-state index contributed by atoms with van der Waals surface area (Å²) in [7, 11) is 1.32. The Morgan fingerprint density at radius 3 is 2.70 bits per heavy atom. The van der Waals surface area contributed by atoms with Gasteiger partial charge in [0.1, 0.15) is 12.3 Å². The normalized spacial score (nSPS) is 11.6. The first-order valence-corrected chi connectivity index (χ1v) is 9.37. The Labute approximate surface area is 164 Å². The van der Waals surface area contributed by atoms with Crippen LogP contribution in [-0.4, -0.2) is 30.2 Å². The molecule has 0 bridgehead atoms. The second kappa shape index (κ2) is 8.83. The van der Waals surface area contributed by atoms with Gasteiger partial charge in [0.25, 0.3) is 5.91 Å². The SMILES string of the molecule is COC(=O)Cn1c(=NC(=O)CCOc2ccccc2)sc2cc(Cl)ccc21. The van der Waals surface area contributed by atoms with Crippen molar-refractivity contribution in [2.75, 3.05) is 13.7 Å². The molecule has 6 nitrogen and oxygen atoms in total. The summed E-state index contributed by atoms with van der Waals surface area (Å²) < 4.78 is 12.8. The van der Waals surface area contributed by atoms with Crippen molar-refractivity contribution in [3.05, 3.63) is 58.4 Å². The van der Waals surface area contributed by atoms with E-state index < -0.39 is 5.97 Å². The molecule has 2 aromatic carbocycles. The lowest BCUT2D eigenvalue weighted by Crippen LogP contribution is -2.22. The maximum Gasteiger partial charge on any atom is 0.325 e. The lowest BCUT2D eigenvalue weighted by molar-refractivity contribution is -0.141. The molecule has 8 heteroatoms. The summed E-state index contributed by atoms with van der Waals surface area (Å²) in [6.07, 6.45) is 0.127. The Hall–Kier alpha value is -2.64. The van der Waals surface area contributed by atoms with Crippen LogP contribution in [0.1, 0.15) is 6.42 Å². The molecule has 0 radical (unpaired) electrons. The first kappa shape index (κ1) is 19.1. The van der Waals surface area contributed by atoms with E-state index in [-0.39, 0.29) is 25.5 Å². The fraction of sp³-hybridized carbons (Fsp3) is 0.211. The molecule has 0 N–H and O–H groups in total. The Morgan fingerprint density at radius 2 is 1.96 bits per heavy atom. The molecule has 27 heavy (non-hydrogen) atoms. The van der Waals surface area contributed by atoms with Gasteiger partial charge in [0.15, 0.2) is 4.80 Å². The fourth-order valence-electron chi connectivity index (χ4n) is 2.41. The summed E-state index contributed by atoms with van der Waals surface area (Å²) in [5.41, 5.74) is 0.766. The Bertz CT molecular complexity index is 1030. The van der Waals surface area contributed by atoms with Crippen LogP contribution < -0.4 is 9.54 Å². The molecule has 0 saturated carbocycles. The van der Waals surface area contributed by atoms with Crippen LogP contribution in [0.15, 0.2) is 53.5 Å². The van der Waals surface area contributed by atoms with Crippen molar-refractivity contribution in [1.82, 2.24) is 4.57 Å². The summed E-state index contributed by atoms with van der Waals surface area (Å²) in [4.78, 5) is 28.6. The number of aromatic nitrogens is 1. The monoisotopic (exact) mass is 404 g/mol. The molecule has 1 heterocycles. The van der Waals surface area contributed by atoms with Gasteiger partial charge in [-0.25, -0.2) is 0 Å². The van der Waals surface area contributed by atoms with Crippen LogP contribution in [0.25, 0.3) is 10.2 Å². The molecule has 0 fully saturated rings. The van der Waals surface area contributed by atoms with E-state index in [4.69, 9.17) is 21.1 Å². The van der Waals surface area contributed by atoms with Crippen LogP contribution in [0.5, 0.6) is 5.75 Å². The fourth-order valence-corrected chi connectivity index (χ4v) is 3.74. The molecule has 0 atom stereocenters. The molecule has 0 unspecified atom stereocenters. The van der Waals surface area contributed by atoms with E-state index in [1.807, 2.05) is 30.3 Å². The number of rotatable bonds is 6. The Balaban J connectivity index is 1.81. The number of hydrogen-bond donors (Lipinski definition) is 0. The van der Waals surface area contributed by atoms with Gasteiger partial charge in [-0.3, -0.25) is 9.59 Å². The number of halogens is 1. The van der Waals surface area contributed by atoms with Crippen molar-refractivity contribution < 1.29 is 19.1 Å². The number of para-hydroxylation sites is 1. The van der Waals surface area contributed by atoms with Gasteiger partial charge in [-0.05, 0) is 30.3 Å². The quantitative estimate of drug-likeness (QED) is 0.590. The van der Waals surface area contributed by atoms with E-state index in [1.165, 1.54) is 18.4 Å². The number of esters is 1. The van der Waals surface area contributed by atoms with Crippen LogP contribution >= 0.6 is 22.9 Å². The molecule has 0 aliphatic carbocycles. The van der Waals surface area contributed by atoms with E-state index in [0.29, 0.717) is 15.6 Å². The van der Waals surface area contributed by atoms with Crippen molar-refractivity contribution in [2.24, 2.45) is 4.99 Å². The number of ether oxygens (including phenoxy) is 2. The number of carbonyl (C=O) groups is 2. The van der Waals surface area contributed by atoms with Crippen LogP contribution in [0.4, 0.5) is 0 Å². The van der Waals surface area contributed by atoms with Gasteiger partial charge in [-0.2, -0.15) is 4.99 Å². The smallest absolute Gasteiger partial charge is 0.325 e. The van der Waals surface area contributed by atoms with Crippen molar-refractivity contribution >= 4 is 45.0 Å². The zero-order valence-electron chi connectivity index (χ0n) is 14.6. The van der Waals surface area contributed by atoms with Crippen LogP contribution in [0.3, 0.4) is 0 Å². The highest BCUT2D eigenvalue weighted by Crippen LogP contribution is 2.22. The van der Waals surface area contributed by atoms with E-state index in [9.17, 15) is 9.59 Å². The molecule has 0 aliphatic rings. The number of amides is 1. The Kier molecular flexibility index (Phi) is 6.26. The average Bonchev–Trinajstić information content (AvgIpc) is 2.98. The van der Waals surface area contributed by atoms with Gasteiger partial charge in [-0.15, -0.1) is 0 Å². The number of thiazole rings is 1. The number of fused-ring (bicyclic) bond motifs is 1. The second-order valence-electron chi connectivity index (χ2n) is 5.58. The lowest BCUT2D eigenvalue weighted by Gasteiger charge is -2.04. The summed E-state index contributed by atoms with van der Waals surface area (Å²) in [5, 5.41) is 0.572. The molecular formula is C19H17ClN2O4S. The number of hydrogen-bond acceptors (Lipinski definition) is 5. The van der Waals surface area contributed by atoms with Crippen molar-refractivity contribution in [2.45, 2.75) is 13.0 Å². The second-order valence-corrected chi connectivity index (χ2v) is 7.02. The van der Waals surface area contributed by atoms with E-state index in [1.54, 1.807) is 22.8 Å². The number of methoxy groups -OCH3 is 1. The van der Waals surface area contributed by atoms with E-state index in [0.717, 1.165) is 10.2 Å². The first-order valence-electron chi connectivity index (χ1n) is 8.18. The molecule has 1 amide bonds. The third-order valence-corrected chi connectivity index (χ3v) is 4.98. The standard InChI is InChI=1S/C19H17ClN2O4S/c1-25-18(24)12-22-15-8-7-13(20)11-16(15)27-19(22)21-17(23)9-10-26-14-5-3-2-4-6-14/h2-8,11H,9-10,12H2,1H3. The minimum Gasteiger partial charge on any atom is -0.493 e. The average molecular weight is 405 g/mol. The first-order chi connectivity index (χ1) is 13.1. The van der Waals surface area contributed by atoms with Crippen LogP contribution in [0.2, 0.25) is 5.02 Å². The number of nitrogens with zero attached hydrogens (tertiary/aromatic N) is 2. The minimum absolute atomic E-state index is 0.0369. The third kappa shape index (κ3) is 4.96. The van der Waals surface area contributed by atoms with Crippen molar-refractivity contribution in [1.29, 1.82) is 0 Å². The molecule has 3 aromatic rings. The van der Waals surface area contributed by atoms with Crippen molar-refractivity contribution in [3.63, 3.8) is 0 Å². The highest BCUT2D eigenvalue weighted by molar-refractivity contribution is 7.16. The molecule has 0 spiro atoms. The predicted octanol–water partition coefficient (Wildman–Crippen LogP) is 3.43. The molecule has 1 aromatic heterocycles. The molecule has 3 rings (SSSR count). The predicted molar refractivity (Wildman–Crippen MR) is 104 cm³/mol. The maximum absolute atomic E-state index is 12.3. The van der Waals surface area contributed by atoms with E-state index in [2.05, 4.69) is 4.99 Å². The Morgan fingerprint density at radius 1 is 1.19 bits per heavy atom. The summed E-state index contributed by atoms with van der Waals surface area (Å²) in [6.45, 7) is 0.185. The summed E-state index contributed by atoms with van der Waals surface area (Å²) in [6, 6.07) is 14.5.